The number of rotatable bonds is 4. The van der Waals surface area contributed by atoms with Crippen molar-refractivity contribution in [2.75, 3.05) is 43.4 Å². The normalized spacial score (nSPS) is 14.7. The van der Waals surface area contributed by atoms with Crippen molar-refractivity contribution in [3.05, 3.63) is 64.8 Å². The molecule has 2 N–H and O–H groups in total. The summed E-state index contributed by atoms with van der Waals surface area (Å²) in [5.41, 5.74) is 4.05. The van der Waals surface area contributed by atoms with Crippen LogP contribution >= 0.6 is 22.6 Å². The lowest BCUT2D eigenvalue weighted by molar-refractivity contribution is 0.313. The van der Waals surface area contributed by atoms with Gasteiger partial charge in [-0.15, -0.1) is 10.2 Å². The molecular formula is C25H23IN8. The number of anilines is 3. The Hall–Kier alpha value is -3.31. The fraction of sp³-hybridized carbons (Fsp3) is 0.200. The number of aromatic nitrogens is 5. The van der Waals surface area contributed by atoms with Crippen LogP contribution in [0, 0.1) is 3.57 Å². The summed E-state index contributed by atoms with van der Waals surface area (Å²) in [5, 5.41) is 14.9. The van der Waals surface area contributed by atoms with E-state index < -0.39 is 0 Å². The van der Waals surface area contributed by atoms with Gasteiger partial charge in [0.25, 0.3) is 0 Å². The van der Waals surface area contributed by atoms with Crippen molar-refractivity contribution in [2.45, 2.75) is 0 Å². The molecule has 0 aliphatic carbocycles. The smallest absolute Gasteiger partial charge is 0.163 e. The zero-order chi connectivity index (χ0) is 23.1. The molecular weight excluding hydrogens is 539 g/mol. The molecule has 0 bridgehead atoms. The van der Waals surface area contributed by atoms with E-state index in [-0.39, 0.29) is 0 Å². The zero-order valence-corrected chi connectivity index (χ0v) is 20.8. The van der Waals surface area contributed by atoms with E-state index in [0.29, 0.717) is 5.82 Å². The largest absolute Gasteiger partial charge is 0.369 e. The molecule has 0 spiro atoms. The van der Waals surface area contributed by atoms with Crippen LogP contribution in [-0.2, 0) is 0 Å². The number of benzene rings is 2. The second-order valence-electron chi connectivity index (χ2n) is 8.50. The summed E-state index contributed by atoms with van der Waals surface area (Å²) in [5.74, 6) is 1.49. The van der Waals surface area contributed by atoms with Gasteiger partial charge in [0.1, 0.15) is 12.1 Å². The van der Waals surface area contributed by atoms with Gasteiger partial charge in [-0.1, -0.05) is 12.1 Å². The minimum atomic E-state index is 0.693. The van der Waals surface area contributed by atoms with Crippen LogP contribution in [0.3, 0.4) is 0 Å². The van der Waals surface area contributed by atoms with E-state index in [1.54, 1.807) is 6.33 Å². The molecule has 5 aromatic rings. The number of hydrogen-bond acceptors (Lipinski definition) is 7. The van der Waals surface area contributed by atoms with Crippen molar-refractivity contribution in [1.29, 1.82) is 0 Å². The maximum absolute atomic E-state index is 5.07. The van der Waals surface area contributed by atoms with Gasteiger partial charge < -0.3 is 20.1 Å². The first-order chi connectivity index (χ1) is 16.7. The third-order valence-electron chi connectivity index (χ3n) is 6.37. The van der Waals surface area contributed by atoms with Crippen LogP contribution in [0.5, 0.6) is 0 Å². The number of nitrogens with one attached hydrogen (secondary N) is 2. The van der Waals surface area contributed by atoms with Gasteiger partial charge in [-0.2, -0.15) is 0 Å². The van der Waals surface area contributed by atoms with E-state index in [1.807, 2.05) is 30.6 Å². The minimum absolute atomic E-state index is 0.693. The predicted molar refractivity (Wildman–Crippen MR) is 145 cm³/mol. The maximum Gasteiger partial charge on any atom is 0.163 e. The van der Waals surface area contributed by atoms with Crippen LogP contribution in [0.15, 0.2) is 61.2 Å². The lowest BCUT2D eigenvalue weighted by Gasteiger charge is -2.34. The lowest BCUT2D eigenvalue weighted by Crippen LogP contribution is -2.44. The molecule has 9 heteroatoms. The Balaban J connectivity index is 1.43. The average molecular weight is 562 g/mol. The molecule has 170 valence electrons. The topological polar surface area (TPSA) is 85.9 Å². The molecule has 0 radical (unpaired) electrons. The molecule has 0 unspecified atom stereocenters. The number of aromatic amines is 1. The second-order valence-corrected chi connectivity index (χ2v) is 9.66. The number of pyridine rings is 2. The summed E-state index contributed by atoms with van der Waals surface area (Å²) in [6, 6.07) is 14.7. The highest BCUT2D eigenvalue weighted by Crippen LogP contribution is 2.35. The van der Waals surface area contributed by atoms with Gasteiger partial charge in [0.2, 0.25) is 0 Å². The first kappa shape index (κ1) is 21.2. The number of hydrogen-bond donors (Lipinski definition) is 2. The van der Waals surface area contributed by atoms with Gasteiger partial charge in [-0.25, -0.2) is 4.98 Å². The van der Waals surface area contributed by atoms with Crippen molar-refractivity contribution in [3.63, 3.8) is 0 Å². The molecule has 34 heavy (non-hydrogen) atoms. The summed E-state index contributed by atoms with van der Waals surface area (Å²) >= 11 is 2.41. The maximum atomic E-state index is 5.07. The van der Waals surface area contributed by atoms with E-state index in [0.717, 1.165) is 68.5 Å². The van der Waals surface area contributed by atoms with Crippen LogP contribution < -0.4 is 10.2 Å². The van der Waals surface area contributed by atoms with Crippen molar-refractivity contribution in [1.82, 2.24) is 30.0 Å². The molecule has 3 aromatic heterocycles. The average Bonchev–Trinajstić information content (AvgIpc) is 3.40. The lowest BCUT2D eigenvalue weighted by atomic mass is 10.0. The number of halogens is 1. The van der Waals surface area contributed by atoms with Gasteiger partial charge in [-0.3, -0.25) is 4.98 Å². The second kappa shape index (κ2) is 8.80. The highest BCUT2D eigenvalue weighted by Gasteiger charge is 2.17. The number of likely N-dealkylation sites (N-methyl/N-ethyl adjacent to an activating group) is 1. The van der Waals surface area contributed by atoms with E-state index in [4.69, 9.17) is 4.98 Å². The first-order valence-corrected chi connectivity index (χ1v) is 12.3. The third kappa shape index (κ3) is 3.84. The SMILES string of the molecule is CN1CCN(c2ccc(Nc3nc4c(-c5nnc[nH]5)cccc4c4cnccc34)c(I)c2)CC1. The molecule has 0 amide bonds. The van der Waals surface area contributed by atoms with Crippen molar-refractivity contribution >= 4 is 61.5 Å². The quantitative estimate of drug-likeness (QED) is 0.243. The van der Waals surface area contributed by atoms with E-state index >= 15 is 0 Å². The Bertz CT molecular complexity index is 1480. The Kier molecular flexibility index (Phi) is 5.50. The van der Waals surface area contributed by atoms with E-state index in [2.05, 4.69) is 89.2 Å². The summed E-state index contributed by atoms with van der Waals surface area (Å²) in [7, 11) is 2.18. The fourth-order valence-corrected chi connectivity index (χ4v) is 5.12. The first-order valence-electron chi connectivity index (χ1n) is 11.2. The van der Waals surface area contributed by atoms with Crippen molar-refractivity contribution in [3.8, 4) is 11.4 Å². The van der Waals surface area contributed by atoms with Crippen LogP contribution in [0.2, 0.25) is 0 Å². The zero-order valence-electron chi connectivity index (χ0n) is 18.7. The molecule has 1 saturated heterocycles. The highest BCUT2D eigenvalue weighted by atomic mass is 127. The number of para-hydroxylation sites is 1. The van der Waals surface area contributed by atoms with Gasteiger partial charge in [0.15, 0.2) is 5.82 Å². The van der Waals surface area contributed by atoms with Gasteiger partial charge in [-0.05, 0) is 60.0 Å². The molecule has 1 aliphatic heterocycles. The summed E-state index contributed by atoms with van der Waals surface area (Å²) in [6.45, 7) is 4.28. The van der Waals surface area contributed by atoms with E-state index in [1.165, 1.54) is 5.69 Å². The predicted octanol–water partition coefficient (Wildman–Crippen LogP) is 4.67. The number of fused-ring (bicyclic) bond motifs is 3. The summed E-state index contributed by atoms with van der Waals surface area (Å²) in [6.07, 6.45) is 5.29. The standard InChI is InChI=1S/C25H23IN8/c1-33-9-11-34(12-10-33)16-5-6-22(21(26)13-16)30-25-18-7-8-27-14-20(18)17-3-2-4-19(23(17)31-25)24-28-15-29-32-24/h2-8,13-15H,9-12H2,1H3,(H,30,31)(H,28,29,32). The van der Waals surface area contributed by atoms with Gasteiger partial charge in [0.05, 0.1) is 11.2 Å². The van der Waals surface area contributed by atoms with Crippen molar-refractivity contribution < 1.29 is 0 Å². The Morgan fingerprint density at radius 3 is 2.68 bits per heavy atom. The monoisotopic (exact) mass is 562 g/mol. The molecule has 6 rings (SSSR count). The van der Waals surface area contributed by atoms with Gasteiger partial charge >= 0.3 is 0 Å². The number of nitrogens with zero attached hydrogens (tertiary/aromatic N) is 6. The van der Waals surface area contributed by atoms with Gasteiger partial charge in [0, 0.05) is 69.6 Å². The summed E-state index contributed by atoms with van der Waals surface area (Å²) < 4.78 is 1.15. The van der Waals surface area contributed by atoms with Crippen LogP contribution in [0.1, 0.15) is 0 Å². The molecule has 1 fully saturated rings. The molecule has 0 atom stereocenters. The molecule has 4 heterocycles. The molecule has 1 aliphatic rings. The number of H-pyrrole nitrogens is 1. The number of piperazine rings is 1. The van der Waals surface area contributed by atoms with Crippen LogP contribution in [0.4, 0.5) is 17.2 Å². The third-order valence-corrected chi connectivity index (χ3v) is 7.26. The Labute approximate surface area is 210 Å². The summed E-state index contributed by atoms with van der Waals surface area (Å²) in [4.78, 5) is 17.4. The molecule has 2 aromatic carbocycles. The molecule has 0 saturated carbocycles. The Morgan fingerprint density at radius 2 is 1.88 bits per heavy atom. The highest BCUT2D eigenvalue weighted by molar-refractivity contribution is 14.1. The minimum Gasteiger partial charge on any atom is -0.369 e. The Morgan fingerprint density at radius 1 is 1.00 bits per heavy atom. The van der Waals surface area contributed by atoms with E-state index in [9.17, 15) is 0 Å². The van der Waals surface area contributed by atoms with Crippen LogP contribution in [0.25, 0.3) is 33.1 Å². The fourth-order valence-electron chi connectivity index (χ4n) is 4.49. The molecule has 8 nitrogen and oxygen atoms in total. The van der Waals surface area contributed by atoms with Crippen LogP contribution in [-0.4, -0.2) is 63.3 Å². The van der Waals surface area contributed by atoms with Crippen molar-refractivity contribution in [2.24, 2.45) is 0 Å².